The maximum absolute atomic E-state index is 12.2. The van der Waals surface area contributed by atoms with Crippen LogP contribution >= 0.6 is 0 Å². The summed E-state index contributed by atoms with van der Waals surface area (Å²) in [6.45, 7) is 6.75. The van der Waals surface area contributed by atoms with Crippen LogP contribution in [0.15, 0.2) is 42.5 Å². The summed E-state index contributed by atoms with van der Waals surface area (Å²) in [4.78, 5) is 12.2. The van der Waals surface area contributed by atoms with Gasteiger partial charge < -0.3 is 15.8 Å². The number of nitrogen functional groups attached to an aromatic ring is 1. The Labute approximate surface area is 144 Å². The summed E-state index contributed by atoms with van der Waals surface area (Å²) >= 11 is 0. The summed E-state index contributed by atoms with van der Waals surface area (Å²) < 4.78 is 5.43. The smallest absolute Gasteiger partial charge is 0.224 e. The number of anilines is 2. The minimum Gasteiger partial charge on any atom is -0.492 e. The van der Waals surface area contributed by atoms with Gasteiger partial charge in [-0.1, -0.05) is 38.1 Å². The van der Waals surface area contributed by atoms with Gasteiger partial charge in [-0.2, -0.15) is 0 Å². The molecule has 0 aliphatic heterocycles. The van der Waals surface area contributed by atoms with Gasteiger partial charge in [0.25, 0.3) is 0 Å². The molecule has 0 aromatic heterocycles. The fourth-order valence-corrected chi connectivity index (χ4v) is 2.63. The molecule has 0 spiro atoms. The molecule has 0 aliphatic carbocycles. The van der Waals surface area contributed by atoms with Gasteiger partial charge in [-0.3, -0.25) is 4.79 Å². The largest absolute Gasteiger partial charge is 0.492 e. The van der Waals surface area contributed by atoms with E-state index in [0.29, 0.717) is 36.8 Å². The molecule has 128 valence electrons. The SMILES string of the molecule is CCOc1ccc(CCC(=O)Nc2ccccc2C(C)C)cc1N. The number of para-hydroxylation sites is 1. The lowest BCUT2D eigenvalue weighted by Gasteiger charge is -2.14. The highest BCUT2D eigenvalue weighted by molar-refractivity contribution is 5.91. The maximum atomic E-state index is 12.2. The van der Waals surface area contributed by atoms with E-state index in [9.17, 15) is 4.79 Å². The number of hydrogen-bond acceptors (Lipinski definition) is 3. The van der Waals surface area contributed by atoms with E-state index in [-0.39, 0.29) is 5.91 Å². The number of nitrogens with two attached hydrogens (primary N) is 1. The molecule has 0 bridgehead atoms. The minimum absolute atomic E-state index is 0.00977. The van der Waals surface area contributed by atoms with Gasteiger partial charge in [-0.05, 0) is 48.6 Å². The summed E-state index contributed by atoms with van der Waals surface area (Å²) in [6.07, 6.45) is 1.06. The van der Waals surface area contributed by atoms with Crippen molar-refractivity contribution in [3.05, 3.63) is 53.6 Å². The van der Waals surface area contributed by atoms with E-state index in [1.165, 1.54) is 0 Å². The van der Waals surface area contributed by atoms with Crippen LogP contribution in [0.2, 0.25) is 0 Å². The first-order valence-corrected chi connectivity index (χ1v) is 8.41. The molecule has 0 atom stereocenters. The molecule has 0 radical (unpaired) electrons. The first-order valence-electron chi connectivity index (χ1n) is 8.41. The quantitative estimate of drug-likeness (QED) is 0.743. The second kappa shape index (κ2) is 8.39. The molecule has 3 N–H and O–H groups in total. The monoisotopic (exact) mass is 326 g/mol. The average Bonchev–Trinajstić information content (AvgIpc) is 2.55. The van der Waals surface area contributed by atoms with Gasteiger partial charge in [0.15, 0.2) is 0 Å². The number of rotatable bonds is 7. The standard InChI is InChI=1S/C20H26N2O2/c1-4-24-19-11-9-15(13-17(19)21)10-12-20(23)22-18-8-6-5-7-16(18)14(2)3/h5-9,11,13-14H,4,10,12,21H2,1-3H3,(H,22,23). The predicted octanol–water partition coefficient (Wildman–Crippen LogP) is 4.36. The van der Waals surface area contributed by atoms with Crippen LogP contribution in [0.3, 0.4) is 0 Å². The zero-order chi connectivity index (χ0) is 17.5. The van der Waals surface area contributed by atoms with Crippen LogP contribution in [0.25, 0.3) is 0 Å². The molecule has 0 heterocycles. The maximum Gasteiger partial charge on any atom is 0.224 e. The molecule has 0 unspecified atom stereocenters. The third-order valence-electron chi connectivity index (χ3n) is 3.87. The Bertz CT molecular complexity index is 696. The van der Waals surface area contributed by atoms with Crippen LogP contribution in [-0.2, 0) is 11.2 Å². The molecule has 0 saturated carbocycles. The van der Waals surface area contributed by atoms with Crippen molar-refractivity contribution in [2.45, 2.75) is 39.5 Å². The third-order valence-corrected chi connectivity index (χ3v) is 3.87. The molecule has 2 aromatic rings. The normalized spacial score (nSPS) is 10.7. The molecule has 24 heavy (non-hydrogen) atoms. The summed E-state index contributed by atoms with van der Waals surface area (Å²) in [7, 11) is 0. The Morgan fingerprint density at radius 1 is 1.21 bits per heavy atom. The van der Waals surface area contributed by atoms with Gasteiger partial charge >= 0.3 is 0 Å². The average molecular weight is 326 g/mol. The Kier molecular flexibility index (Phi) is 6.24. The highest BCUT2D eigenvalue weighted by Gasteiger charge is 2.10. The van der Waals surface area contributed by atoms with Crippen LogP contribution in [-0.4, -0.2) is 12.5 Å². The first kappa shape index (κ1) is 17.9. The lowest BCUT2D eigenvalue weighted by atomic mass is 10.0. The molecule has 2 aromatic carbocycles. The van der Waals surface area contributed by atoms with E-state index >= 15 is 0 Å². The van der Waals surface area contributed by atoms with Crippen LogP contribution in [0.5, 0.6) is 5.75 Å². The second-order valence-electron chi connectivity index (χ2n) is 6.10. The Morgan fingerprint density at radius 3 is 2.62 bits per heavy atom. The summed E-state index contributed by atoms with van der Waals surface area (Å²) in [5, 5.41) is 3.01. The van der Waals surface area contributed by atoms with E-state index in [1.54, 1.807) is 0 Å². The Balaban J connectivity index is 1.95. The molecule has 4 nitrogen and oxygen atoms in total. The van der Waals surface area contributed by atoms with Crippen molar-refractivity contribution in [2.75, 3.05) is 17.7 Å². The van der Waals surface area contributed by atoms with Gasteiger partial charge in [0.2, 0.25) is 5.91 Å². The van der Waals surface area contributed by atoms with Gasteiger partial charge in [0.05, 0.1) is 12.3 Å². The second-order valence-corrected chi connectivity index (χ2v) is 6.10. The van der Waals surface area contributed by atoms with E-state index in [2.05, 4.69) is 19.2 Å². The van der Waals surface area contributed by atoms with Gasteiger partial charge in [0.1, 0.15) is 5.75 Å². The highest BCUT2D eigenvalue weighted by atomic mass is 16.5. The van der Waals surface area contributed by atoms with Gasteiger partial charge in [-0.15, -0.1) is 0 Å². The van der Waals surface area contributed by atoms with Crippen LogP contribution in [0.1, 0.15) is 44.2 Å². The third kappa shape index (κ3) is 4.75. The molecular formula is C20H26N2O2. The lowest BCUT2D eigenvalue weighted by Crippen LogP contribution is -2.14. The van der Waals surface area contributed by atoms with Crippen LogP contribution in [0.4, 0.5) is 11.4 Å². The summed E-state index contributed by atoms with van der Waals surface area (Å²) in [5.74, 6) is 1.07. The zero-order valence-corrected chi connectivity index (χ0v) is 14.6. The first-order chi connectivity index (χ1) is 11.5. The molecule has 0 aliphatic rings. The van der Waals surface area contributed by atoms with Crippen molar-refractivity contribution in [1.82, 2.24) is 0 Å². The van der Waals surface area contributed by atoms with Gasteiger partial charge in [-0.25, -0.2) is 0 Å². The molecule has 2 rings (SSSR count). The Morgan fingerprint density at radius 2 is 1.96 bits per heavy atom. The topological polar surface area (TPSA) is 64.3 Å². The van der Waals surface area contributed by atoms with E-state index in [4.69, 9.17) is 10.5 Å². The lowest BCUT2D eigenvalue weighted by molar-refractivity contribution is -0.116. The number of nitrogens with one attached hydrogen (secondary N) is 1. The Hall–Kier alpha value is -2.49. The molecule has 1 amide bonds. The van der Waals surface area contributed by atoms with E-state index in [0.717, 1.165) is 16.8 Å². The van der Waals surface area contributed by atoms with Crippen LogP contribution in [0, 0.1) is 0 Å². The fraction of sp³-hybridized carbons (Fsp3) is 0.350. The van der Waals surface area contributed by atoms with Crippen molar-refractivity contribution in [2.24, 2.45) is 0 Å². The summed E-state index contributed by atoms with van der Waals surface area (Å²) in [6, 6.07) is 13.6. The number of hydrogen-bond donors (Lipinski definition) is 2. The highest BCUT2D eigenvalue weighted by Crippen LogP contribution is 2.25. The molecule has 4 heteroatoms. The van der Waals surface area contributed by atoms with Crippen molar-refractivity contribution in [1.29, 1.82) is 0 Å². The van der Waals surface area contributed by atoms with Crippen molar-refractivity contribution < 1.29 is 9.53 Å². The van der Waals surface area contributed by atoms with E-state index in [1.807, 2.05) is 49.4 Å². The number of aryl methyl sites for hydroxylation is 1. The number of ether oxygens (including phenoxy) is 1. The fourth-order valence-electron chi connectivity index (χ4n) is 2.63. The van der Waals surface area contributed by atoms with Crippen molar-refractivity contribution >= 4 is 17.3 Å². The number of benzene rings is 2. The predicted molar refractivity (Wildman–Crippen MR) is 99.5 cm³/mol. The minimum atomic E-state index is 0.00977. The number of carbonyl (C=O) groups is 1. The van der Waals surface area contributed by atoms with Crippen LogP contribution < -0.4 is 15.8 Å². The van der Waals surface area contributed by atoms with Crippen molar-refractivity contribution in [3.8, 4) is 5.75 Å². The zero-order valence-electron chi connectivity index (χ0n) is 14.6. The number of amides is 1. The number of carbonyl (C=O) groups excluding carboxylic acids is 1. The molecule has 0 saturated heterocycles. The van der Waals surface area contributed by atoms with E-state index < -0.39 is 0 Å². The molecule has 0 fully saturated rings. The summed E-state index contributed by atoms with van der Waals surface area (Å²) in [5.41, 5.74) is 9.65. The molecular weight excluding hydrogens is 300 g/mol. The van der Waals surface area contributed by atoms with Crippen molar-refractivity contribution in [3.63, 3.8) is 0 Å². The van der Waals surface area contributed by atoms with Gasteiger partial charge in [0, 0.05) is 12.1 Å².